The van der Waals surface area contributed by atoms with Gasteiger partial charge in [0, 0.05) is 25.2 Å². The van der Waals surface area contributed by atoms with Crippen molar-refractivity contribution in [2.75, 3.05) is 0 Å². The molecule has 135 valence electrons. The summed E-state index contributed by atoms with van der Waals surface area (Å²) in [5, 5.41) is 9.19. The molecule has 1 atom stereocenters. The van der Waals surface area contributed by atoms with Gasteiger partial charge in [0.05, 0.1) is 0 Å². The maximum absolute atomic E-state index is 4.60. The molecule has 2 aliphatic rings. The molecule has 1 aliphatic carbocycles. The summed E-state index contributed by atoms with van der Waals surface area (Å²) in [4.78, 5) is 0. The van der Waals surface area contributed by atoms with Gasteiger partial charge in [-0.05, 0) is 37.5 Å². The maximum atomic E-state index is 4.60. The maximum Gasteiger partial charge on any atom is 0.184 e. The zero-order valence-corrected chi connectivity index (χ0v) is 17.8. The summed E-state index contributed by atoms with van der Waals surface area (Å²) < 4.78 is 2.08. The van der Waals surface area contributed by atoms with Gasteiger partial charge >= 0.3 is 0 Å². The first-order valence-electron chi connectivity index (χ1n) is 8.91. The molecule has 0 amide bonds. The van der Waals surface area contributed by atoms with Crippen LogP contribution in [0.2, 0.25) is 0 Å². The van der Waals surface area contributed by atoms with Crippen molar-refractivity contribution < 1.29 is 24.8 Å². The van der Waals surface area contributed by atoms with Crippen molar-refractivity contribution >= 4 is 11.4 Å². The van der Waals surface area contributed by atoms with E-state index in [1.807, 2.05) is 12.1 Å². The van der Waals surface area contributed by atoms with Crippen molar-refractivity contribution in [1.82, 2.24) is 0 Å². The van der Waals surface area contributed by atoms with E-state index < -0.39 is 0 Å². The van der Waals surface area contributed by atoms with Gasteiger partial charge in [0.25, 0.3) is 0 Å². The molecule has 4 heteroatoms. The van der Waals surface area contributed by atoms with Gasteiger partial charge < -0.3 is 0 Å². The molecule has 1 heterocycles. The molecule has 0 saturated carbocycles. The van der Waals surface area contributed by atoms with Crippen molar-refractivity contribution in [1.29, 1.82) is 0 Å². The molecule has 1 aliphatic heterocycles. The molecule has 27 heavy (non-hydrogen) atoms. The zero-order chi connectivity index (χ0) is 17.8. The largest absolute Gasteiger partial charge is 0.184 e. The Balaban J connectivity index is 0.00000180. The molecule has 3 aromatic carbocycles. The first-order valence-corrected chi connectivity index (χ1v) is 8.91. The van der Waals surface area contributed by atoms with E-state index in [9.17, 15) is 0 Å². The van der Waals surface area contributed by atoms with Gasteiger partial charge in [-0.2, -0.15) is 0 Å². The Morgan fingerprint density at radius 1 is 0.926 bits per heavy atom. The van der Waals surface area contributed by atoms with Gasteiger partial charge in [0.15, 0.2) is 17.4 Å². The van der Waals surface area contributed by atoms with Crippen LogP contribution in [0.4, 0.5) is 5.69 Å². The Hall–Kier alpha value is -2.42. The smallest absolute Gasteiger partial charge is 0.147 e. The minimum Gasteiger partial charge on any atom is -0.147 e. The van der Waals surface area contributed by atoms with Crippen LogP contribution in [0.1, 0.15) is 33.9 Å². The van der Waals surface area contributed by atoms with Gasteiger partial charge in [-0.3, -0.25) is 0 Å². The number of aryl methyl sites for hydroxylation is 3. The van der Waals surface area contributed by atoms with Crippen LogP contribution in [-0.4, -0.2) is 10.4 Å². The van der Waals surface area contributed by atoms with Crippen LogP contribution in [0, 0.1) is 26.8 Å². The van der Waals surface area contributed by atoms with Crippen LogP contribution in [-0.2, 0) is 20.1 Å². The topological polar surface area (TPSA) is 27.7 Å². The SMILES string of the molecule is Cc1ccc2c(c1)-c1ccc[c-]c1C1=NN=[N+](c3c(C)cccc3C)C12.[Ir]. The molecule has 3 aromatic rings. The Kier molecular flexibility index (Phi) is 4.41. The van der Waals surface area contributed by atoms with E-state index in [-0.39, 0.29) is 26.1 Å². The van der Waals surface area contributed by atoms with E-state index in [2.05, 4.69) is 84.3 Å². The predicted octanol–water partition coefficient (Wildman–Crippen LogP) is 5.65. The normalized spacial score (nSPS) is 16.5. The molecular formula is C23H19IrN3. The summed E-state index contributed by atoms with van der Waals surface area (Å²) in [6, 6.07) is 22.6. The fraction of sp³-hybridized carbons (Fsp3) is 0.174. The van der Waals surface area contributed by atoms with Crippen LogP contribution in [0.5, 0.6) is 0 Å². The van der Waals surface area contributed by atoms with Gasteiger partial charge in [0.2, 0.25) is 0 Å². The summed E-state index contributed by atoms with van der Waals surface area (Å²) in [5.74, 6) is 0. The van der Waals surface area contributed by atoms with Crippen LogP contribution in [0.15, 0.2) is 64.9 Å². The van der Waals surface area contributed by atoms with E-state index in [1.54, 1.807) is 0 Å². The van der Waals surface area contributed by atoms with E-state index >= 15 is 0 Å². The fourth-order valence-corrected chi connectivity index (χ4v) is 4.14. The number of para-hydroxylation sites is 1. The summed E-state index contributed by atoms with van der Waals surface area (Å²) in [6.07, 6.45) is 0. The number of benzene rings is 3. The standard InChI is InChI=1S/C23H19N3.Ir/c1-14-11-12-19-20(13-14)17-9-4-5-10-18(17)21-23(19)26(25-24-21)22-15(2)7-6-8-16(22)3;/h4-9,11-13,23H,1-3H3;. The van der Waals surface area contributed by atoms with Gasteiger partial charge in [-0.25, -0.2) is 0 Å². The number of rotatable bonds is 1. The predicted molar refractivity (Wildman–Crippen MR) is 103 cm³/mol. The van der Waals surface area contributed by atoms with E-state index in [0.717, 1.165) is 17.0 Å². The van der Waals surface area contributed by atoms with Gasteiger partial charge in [-0.1, -0.05) is 58.7 Å². The third-order valence-electron chi connectivity index (χ3n) is 5.33. The van der Waals surface area contributed by atoms with E-state index in [4.69, 9.17) is 0 Å². The Bertz CT molecular complexity index is 1110. The average molecular weight is 530 g/mol. The second-order valence-corrected chi connectivity index (χ2v) is 7.11. The van der Waals surface area contributed by atoms with Crippen molar-refractivity contribution in [2.24, 2.45) is 10.3 Å². The second kappa shape index (κ2) is 6.63. The van der Waals surface area contributed by atoms with Crippen LogP contribution in [0.3, 0.4) is 0 Å². The summed E-state index contributed by atoms with van der Waals surface area (Å²) >= 11 is 0. The molecule has 0 aromatic heterocycles. The Labute approximate surface area is 172 Å². The van der Waals surface area contributed by atoms with Gasteiger partial charge in [-0.15, -0.1) is 29.0 Å². The minimum absolute atomic E-state index is 0. The molecule has 0 saturated heterocycles. The van der Waals surface area contributed by atoms with E-state index in [1.165, 1.54) is 33.4 Å². The van der Waals surface area contributed by atoms with Crippen molar-refractivity contribution in [3.05, 3.63) is 88.5 Å². The van der Waals surface area contributed by atoms with Crippen LogP contribution < -0.4 is 0 Å². The average Bonchev–Trinajstić information content (AvgIpc) is 3.07. The Morgan fingerprint density at radius 3 is 2.48 bits per heavy atom. The number of fused-ring (bicyclic) bond motifs is 6. The number of hydrogen-bond acceptors (Lipinski definition) is 2. The quantitative estimate of drug-likeness (QED) is 0.288. The zero-order valence-electron chi connectivity index (χ0n) is 15.4. The van der Waals surface area contributed by atoms with Gasteiger partial charge in [0.1, 0.15) is 5.22 Å². The molecule has 0 bridgehead atoms. The van der Waals surface area contributed by atoms with E-state index in [0.29, 0.717) is 0 Å². The van der Waals surface area contributed by atoms with Crippen LogP contribution >= 0.6 is 0 Å². The second-order valence-electron chi connectivity index (χ2n) is 7.11. The van der Waals surface area contributed by atoms with Crippen molar-refractivity contribution in [3.8, 4) is 11.1 Å². The third-order valence-corrected chi connectivity index (χ3v) is 5.33. The monoisotopic (exact) mass is 530 g/mol. The molecular weight excluding hydrogens is 510 g/mol. The molecule has 5 rings (SSSR count). The van der Waals surface area contributed by atoms with Crippen molar-refractivity contribution in [2.45, 2.75) is 26.8 Å². The summed E-state index contributed by atoms with van der Waals surface area (Å²) in [7, 11) is 0. The van der Waals surface area contributed by atoms with Crippen LogP contribution in [0.25, 0.3) is 11.1 Å². The molecule has 3 nitrogen and oxygen atoms in total. The summed E-state index contributed by atoms with van der Waals surface area (Å²) in [6.45, 7) is 6.40. The van der Waals surface area contributed by atoms with Crippen molar-refractivity contribution in [3.63, 3.8) is 0 Å². The molecule has 1 radical (unpaired) electrons. The molecule has 0 fully saturated rings. The number of hydrogen-bond donors (Lipinski definition) is 0. The first-order chi connectivity index (χ1) is 12.6. The minimum atomic E-state index is -0.00319. The molecule has 1 unspecified atom stereocenters. The fourth-order valence-electron chi connectivity index (χ4n) is 4.14. The number of nitrogens with zero attached hydrogens (tertiary/aromatic N) is 3. The summed E-state index contributed by atoms with van der Waals surface area (Å²) in [5.41, 5.74) is 10.6. The Morgan fingerprint density at radius 2 is 1.70 bits per heavy atom. The first kappa shape index (κ1) is 18.0. The molecule has 0 N–H and O–H groups in total. The molecule has 0 spiro atoms. The third kappa shape index (κ3) is 2.63.